The lowest BCUT2D eigenvalue weighted by molar-refractivity contribution is -0.119. The van der Waals surface area contributed by atoms with Crippen LogP contribution in [0.15, 0.2) is 42.2 Å². The van der Waals surface area contributed by atoms with Crippen molar-refractivity contribution in [2.24, 2.45) is 13.0 Å². The Morgan fingerprint density at radius 3 is 3.04 bits per heavy atom. The zero-order valence-electron chi connectivity index (χ0n) is 13.7. The summed E-state index contributed by atoms with van der Waals surface area (Å²) in [4.78, 5) is 21.5. The highest BCUT2D eigenvalue weighted by atomic mass is 32.1. The summed E-state index contributed by atoms with van der Waals surface area (Å²) in [6.45, 7) is 1.44. The van der Waals surface area contributed by atoms with Crippen molar-refractivity contribution < 1.29 is 4.79 Å². The molecular formula is C17H18N6OS. The van der Waals surface area contributed by atoms with E-state index in [0.29, 0.717) is 11.7 Å². The summed E-state index contributed by atoms with van der Waals surface area (Å²) in [5.41, 5.74) is 2.66. The van der Waals surface area contributed by atoms with Gasteiger partial charge >= 0.3 is 0 Å². The Hall–Kier alpha value is -2.58. The van der Waals surface area contributed by atoms with Crippen molar-refractivity contribution in [2.75, 3.05) is 18.4 Å². The van der Waals surface area contributed by atoms with E-state index in [4.69, 9.17) is 0 Å². The second-order valence-corrected chi connectivity index (χ2v) is 6.92. The van der Waals surface area contributed by atoms with Crippen molar-refractivity contribution in [3.05, 3.63) is 47.7 Å². The van der Waals surface area contributed by atoms with Crippen molar-refractivity contribution in [3.8, 4) is 11.4 Å². The molecule has 0 radical (unpaired) electrons. The summed E-state index contributed by atoms with van der Waals surface area (Å²) < 4.78 is 1.77. The van der Waals surface area contributed by atoms with Crippen LogP contribution in [0.1, 0.15) is 11.5 Å². The van der Waals surface area contributed by atoms with Crippen molar-refractivity contribution in [1.29, 1.82) is 0 Å². The van der Waals surface area contributed by atoms with Gasteiger partial charge in [-0.3, -0.25) is 14.5 Å². The van der Waals surface area contributed by atoms with Gasteiger partial charge in [0.15, 0.2) is 5.13 Å². The van der Waals surface area contributed by atoms with Gasteiger partial charge in [-0.25, -0.2) is 4.98 Å². The maximum atomic E-state index is 12.7. The molecule has 0 bridgehead atoms. The molecule has 0 saturated carbocycles. The molecule has 0 spiro atoms. The fourth-order valence-corrected chi connectivity index (χ4v) is 3.80. The van der Waals surface area contributed by atoms with Gasteiger partial charge in [-0.05, 0) is 17.7 Å². The molecule has 3 aromatic heterocycles. The first-order chi connectivity index (χ1) is 12.2. The third-order valence-corrected chi connectivity index (χ3v) is 5.12. The SMILES string of the molecule is Cn1cc([C@H]2CNC[C@@H]2C(=O)Nc2nc(-c3ccccn3)cs2)cn1. The van der Waals surface area contributed by atoms with Gasteiger partial charge in [0, 0.05) is 43.8 Å². The number of nitrogens with one attached hydrogen (secondary N) is 2. The van der Waals surface area contributed by atoms with Crippen LogP contribution in [0.5, 0.6) is 0 Å². The van der Waals surface area contributed by atoms with Crippen LogP contribution in [0.3, 0.4) is 0 Å². The lowest BCUT2D eigenvalue weighted by Crippen LogP contribution is -2.28. The van der Waals surface area contributed by atoms with E-state index in [2.05, 4.69) is 25.7 Å². The highest BCUT2D eigenvalue weighted by Gasteiger charge is 2.35. The summed E-state index contributed by atoms with van der Waals surface area (Å²) in [7, 11) is 1.88. The average molecular weight is 354 g/mol. The summed E-state index contributed by atoms with van der Waals surface area (Å²) in [6, 6.07) is 5.69. The summed E-state index contributed by atoms with van der Waals surface area (Å²) in [6.07, 6.45) is 5.54. The molecule has 7 nitrogen and oxygen atoms in total. The van der Waals surface area contributed by atoms with E-state index in [1.165, 1.54) is 11.3 Å². The zero-order valence-corrected chi connectivity index (χ0v) is 14.5. The predicted octanol–water partition coefficient (Wildman–Crippen LogP) is 1.88. The lowest BCUT2D eigenvalue weighted by atomic mass is 9.90. The van der Waals surface area contributed by atoms with Crippen LogP contribution >= 0.6 is 11.3 Å². The minimum absolute atomic E-state index is 0.0132. The number of aromatic nitrogens is 4. The van der Waals surface area contributed by atoms with Gasteiger partial charge in [-0.15, -0.1) is 11.3 Å². The molecule has 1 aliphatic rings. The highest BCUT2D eigenvalue weighted by Crippen LogP contribution is 2.30. The van der Waals surface area contributed by atoms with Gasteiger partial charge < -0.3 is 10.6 Å². The molecule has 1 aliphatic heterocycles. The first-order valence-corrected chi connectivity index (χ1v) is 8.96. The molecule has 3 aromatic rings. The summed E-state index contributed by atoms with van der Waals surface area (Å²) in [5.74, 6) is -0.0175. The molecule has 4 rings (SSSR count). The topological polar surface area (TPSA) is 84.7 Å². The predicted molar refractivity (Wildman–Crippen MR) is 96.3 cm³/mol. The molecule has 25 heavy (non-hydrogen) atoms. The van der Waals surface area contributed by atoms with Gasteiger partial charge in [0.1, 0.15) is 5.69 Å². The summed E-state index contributed by atoms with van der Waals surface area (Å²) >= 11 is 1.41. The minimum Gasteiger partial charge on any atom is -0.315 e. The Kier molecular flexibility index (Phi) is 4.29. The first kappa shape index (κ1) is 15.9. The van der Waals surface area contributed by atoms with Crippen molar-refractivity contribution in [3.63, 3.8) is 0 Å². The van der Waals surface area contributed by atoms with Crippen LogP contribution in [0.25, 0.3) is 11.4 Å². The van der Waals surface area contributed by atoms with Crippen molar-refractivity contribution in [2.45, 2.75) is 5.92 Å². The van der Waals surface area contributed by atoms with E-state index in [0.717, 1.165) is 23.5 Å². The lowest BCUT2D eigenvalue weighted by Gasteiger charge is -2.15. The van der Waals surface area contributed by atoms with E-state index >= 15 is 0 Å². The van der Waals surface area contributed by atoms with E-state index in [1.54, 1.807) is 10.9 Å². The second kappa shape index (κ2) is 6.73. The summed E-state index contributed by atoms with van der Waals surface area (Å²) in [5, 5.41) is 13.0. The standard InChI is InChI=1S/C17H18N6OS/c1-23-9-11(6-20-23)12-7-18-8-13(12)16(24)22-17-21-15(10-25-17)14-4-2-3-5-19-14/h2-6,9-10,12-13,18H,7-8H2,1H3,(H,21,22,24)/t12-,13+/m1/s1. The fraction of sp³-hybridized carbons (Fsp3) is 0.294. The van der Waals surface area contributed by atoms with E-state index in [-0.39, 0.29) is 17.7 Å². The van der Waals surface area contributed by atoms with Crippen LogP contribution < -0.4 is 10.6 Å². The molecule has 0 aliphatic carbocycles. The quantitative estimate of drug-likeness (QED) is 0.747. The normalized spacial score (nSPS) is 19.9. The third-order valence-electron chi connectivity index (χ3n) is 4.37. The molecule has 2 N–H and O–H groups in total. The maximum absolute atomic E-state index is 12.7. The van der Waals surface area contributed by atoms with Gasteiger partial charge in [0.25, 0.3) is 0 Å². The van der Waals surface area contributed by atoms with Gasteiger partial charge in [0.2, 0.25) is 5.91 Å². The van der Waals surface area contributed by atoms with Crippen LogP contribution in [0, 0.1) is 5.92 Å². The largest absolute Gasteiger partial charge is 0.315 e. The number of nitrogens with zero attached hydrogens (tertiary/aromatic N) is 4. The number of pyridine rings is 1. The van der Waals surface area contributed by atoms with E-state index < -0.39 is 0 Å². The Bertz CT molecular complexity index is 874. The third kappa shape index (κ3) is 3.31. The van der Waals surface area contributed by atoms with Gasteiger partial charge in [-0.2, -0.15) is 5.10 Å². The Morgan fingerprint density at radius 2 is 2.28 bits per heavy atom. The highest BCUT2D eigenvalue weighted by molar-refractivity contribution is 7.14. The van der Waals surface area contributed by atoms with E-state index in [1.807, 2.05) is 43.0 Å². The average Bonchev–Trinajstić information content (AvgIpc) is 3.35. The van der Waals surface area contributed by atoms with Gasteiger partial charge in [0.05, 0.1) is 17.8 Å². The number of rotatable bonds is 4. The number of aryl methyl sites for hydroxylation is 1. The number of hydrogen-bond acceptors (Lipinski definition) is 6. The number of anilines is 1. The molecule has 2 atom stereocenters. The molecule has 128 valence electrons. The molecule has 1 saturated heterocycles. The van der Waals surface area contributed by atoms with Crippen LogP contribution in [-0.4, -0.2) is 38.7 Å². The molecule has 1 amide bonds. The molecule has 1 fully saturated rings. The number of amides is 1. The number of carbonyl (C=O) groups is 1. The molecule has 4 heterocycles. The number of hydrogen-bond donors (Lipinski definition) is 2. The van der Waals surface area contributed by atoms with E-state index in [9.17, 15) is 4.79 Å². The second-order valence-electron chi connectivity index (χ2n) is 6.06. The molecular weight excluding hydrogens is 336 g/mol. The Balaban J connectivity index is 1.47. The van der Waals surface area contributed by atoms with Crippen molar-refractivity contribution >= 4 is 22.4 Å². The van der Waals surface area contributed by atoms with Crippen molar-refractivity contribution in [1.82, 2.24) is 25.1 Å². The Morgan fingerprint density at radius 1 is 1.36 bits per heavy atom. The van der Waals surface area contributed by atoms with Gasteiger partial charge in [-0.1, -0.05) is 6.07 Å². The molecule has 0 unspecified atom stereocenters. The van der Waals surface area contributed by atoms with Crippen LogP contribution in [0.4, 0.5) is 5.13 Å². The smallest absolute Gasteiger partial charge is 0.231 e. The number of thiazole rings is 1. The molecule has 8 heteroatoms. The molecule has 0 aromatic carbocycles. The van der Waals surface area contributed by atoms with Crippen LogP contribution in [0.2, 0.25) is 0 Å². The Labute approximate surface area is 149 Å². The monoisotopic (exact) mass is 354 g/mol. The zero-order chi connectivity index (χ0) is 17.2. The fourth-order valence-electron chi connectivity index (χ4n) is 3.10. The van der Waals surface area contributed by atoms with Crippen LogP contribution in [-0.2, 0) is 11.8 Å². The number of carbonyl (C=O) groups excluding carboxylic acids is 1. The first-order valence-electron chi connectivity index (χ1n) is 8.08. The minimum atomic E-state index is -0.133. The maximum Gasteiger partial charge on any atom is 0.231 e.